The Morgan fingerprint density at radius 1 is 1.16 bits per heavy atom. The minimum atomic E-state index is -0.171. The van der Waals surface area contributed by atoms with Crippen LogP contribution in [0.25, 0.3) is 0 Å². The van der Waals surface area contributed by atoms with Crippen molar-refractivity contribution in [2.45, 2.75) is 65.2 Å². The Kier molecular flexibility index (Phi) is 8.35. The van der Waals surface area contributed by atoms with Crippen LogP contribution in [-0.2, 0) is 14.4 Å². The standard InChI is InChI=1S/C24H34ClN3O3/c1-3-4-5-6-7-11-22(29)26(14-19-12-13-19)15-23(30)27-16-24(31)28(17-27)21-10-8-9-20(25)18(21)2/h8-10,19H,3-7,11-17H2,1-2H3. The van der Waals surface area contributed by atoms with E-state index in [0.717, 1.165) is 43.4 Å². The summed E-state index contributed by atoms with van der Waals surface area (Å²) in [5.41, 5.74) is 1.55. The molecule has 0 N–H and O–H groups in total. The summed E-state index contributed by atoms with van der Waals surface area (Å²) >= 11 is 6.20. The molecule has 0 atom stereocenters. The number of anilines is 1. The van der Waals surface area contributed by atoms with Crippen LogP contribution in [0.2, 0.25) is 5.02 Å². The molecule has 1 aliphatic heterocycles. The average Bonchev–Trinajstić information content (AvgIpc) is 3.48. The lowest BCUT2D eigenvalue weighted by Gasteiger charge is -2.25. The summed E-state index contributed by atoms with van der Waals surface area (Å²) in [6, 6.07) is 5.43. The number of carbonyl (C=O) groups is 3. The Bertz CT molecular complexity index is 809. The third kappa shape index (κ3) is 6.45. The Hall–Kier alpha value is -2.08. The topological polar surface area (TPSA) is 60.9 Å². The molecule has 3 amide bonds. The van der Waals surface area contributed by atoms with Crippen LogP contribution in [0.3, 0.4) is 0 Å². The molecule has 2 aliphatic rings. The van der Waals surface area contributed by atoms with Crippen LogP contribution in [0.15, 0.2) is 18.2 Å². The van der Waals surface area contributed by atoms with Gasteiger partial charge in [0.05, 0.1) is 6.54 Å². The molecule has 1 aromatic carbocycles. The third-order valence-electron chi connectivity index (χ3n) is 6.17. The zero-order valence-electron chi connectivity index (χ0n) is 18.7. The zero-order valence-corrected chi connectivity index (χ0v) is 19.5. The van der Waals surface area contributed by atoms with Crippen molar-refractivity contribution < 1.29 is 14.4 Å². The molecule has 31 heavy (non-hydrogen) atoms. The van der Waals surface area contributed by atoms with Gasteiger partial charge in [-0.1, -0.05) is 50.3 Å². The maximum absolute atomic E-state index is 13.0. The number of carbonyl (C=O) groups excluding carboxylic acids is 3. The quantitative estimate of drug-likeness (QED) is 0.473. The van der Waals surface area contributed by atoms with Gasteiger partial charge < -0.3 is 9.80 Å². The zero-order chi connectivity index (χ0) is 22.4. The largest absolute Gasteiger partial charge is 0.333 e. The molecule has 0 spiro atoms. The van der Waals surface area contributed by atoms with Gasteiger partial charge in [0.15, 0.2) is 0 Å². The first-order valence-corrected chi connectivity index (χ1v) is 11.9. The van der Waals surface area contributed by atoms with Crippen LogP contribution in [0.4, 0.5) is 5.69 Å². The van der Waals surface area contributed by atoms with E-state index in [1.165, 1.54) is 17.7 Å². The van der Waals surface area contributed by atoms with Gasteiger partial charge in [0.25, 0.3) is 0 Å². The van der Waals surface area contributed by atoms with Crippen LogP contribution >= 0.6 is 11.6 Å². The molecule has 0 unspecified atom stereocenters. The van der Waals surface area contributed by atoms with Crippen LogP contribution in [0.5, 0.6) is 0 Å². The minimum absolute atomic E-state index is 0.0350. The van der Waals surface area contributed by atoms with E-state index in [1.807, 2.05) is 13.0 Å². The average molecular weight is 448 g/mol. The van der Waals surface area contributed by atoms with Crippen molar-refractivity contribution in [2.24, 2.45) is 5.92 Å². The maximum atomic E-state index is 13.0. The predicted molar refractivity (Wildman–Crippen MR) is 123 cm³/mol. The number of hydrogen-bond acceptors (Lipinski definition) is 3. The summed E-state index contributed by atoms with van der Waals surface area (Å²) in [5.74, 6) is 0.276. The number of halogens is 1. The highest BCUT2D eigenvalue weighted by molar-refractivity contribution is 6.31. The SMILES string of the molecule is CCCCCCCC(=O)N(CC(=O)N1CC(=O)N(c2cccc(Cl)c2C)C1)CC1CC1. The molecule has 1 heterocycles. The van der Waals surface area contributed by atoms with Gasteiger partial charge >= 0.3 is 0 Å². The van der Waals surface area contributed by atoms with Gasteiger partial charge in [0, 0.05) is 23.7 Å². The van der Waals surface area contributed by atoms with Crippen LogP contribution in [-0.4, -0.2) is 53.8 Å². The smallest absolute Gasteiger partial charge is 0.248 e. The first kappa shape index (κ1) is 23.6. The fourth-order valence-electron chi connectivity index (χ4n) is 3.98. The van der Waals surface area contributed by atoms with Crippen molar-refractivity contribution in [2.75, 3.05) is 31.2 Å². The summed E-state index contributed by atoms with van der Waals surface area (Å²) in [5, 5.41) is 0.593. The van der Waals surface area contributed by atoms with Gasteiger partial charge in [0.1, 0.15) is 13.2 Å². The van der Waals surface area contributed by atoms with Crippen molar-refractivity contribution in [1.82, 2.24) is 9.80 Å². The van der Waals surface area contributed by atoms with Crippen molar-refractivity contribution in [3.8, 4) is 0 Å². The maximum Gasteiger partial charge on any atom is 0.248 e. The van der Waals surface area contributed by atoms with Crippen molar-refractivity contribution >= 4 is 35.0 Å². The lowest BCUT2D eigenvalue weighted by molar-refractivity contribution is -0.140. The number of benzene rings is 1. The molecule has 170 valence electrons. The highest BCUT2D eigenvalue weighted by Crippen LogP contribution is 2.31. The second-order valence-electron chi connectivity index (χ2n) is 8.82. The van der Waals surface area contributed by atoms with E-state index in [1.54, 1.807) is 21.9 Å². The van der Waals surface area contributed by atoms with Crippen LogP contribution in [0.1, 0.15) is 63.9 Å². The summed E-state index contributed by atoms with van der Waals surface area (Å²) in [6.45, 7) is 4.98. The van der Waals surface area contributed by atoms with E-state index in [-0.39, 0.29) is 37.5 Å². The lowest BCUT2D eigenvalue weighted by atomic mass is 10.1. The summed E-state index contributed by atoms with van der Waals surface area (Å²) < 4.78 is 0. The number of amides is 3. The van der Waals surface area contributed by atoms with E-state index >= 15 is 0 Å². The highest BCUT2D eigenvalue weighted by Gasteiger charge is 2.35. The molecule has 1 saturated heterocycles. The second-order valence-corrected chi connectivity index (χ2v) is 9.23. The Balaban J connectivity index is 1.57. The van der Waals surface area contributed by atoms with Gasteiger partial charge in [0.2, 0.25) is 17.7 Å². The molecular weight excluding hydrogens is 414 g/mol. The Morgan fingerprint density at radius 2 is 1.90 bits per heavy atom. The summed E-state index contributed by atoms with van der Waals surface area (Å²) in [4.78, 5) is 43.2. The molecular formula is C24H34ClN3O3. The van der Waals surface area contributed by atoms with Gasteiger partial charge in [-0.3, -0.25) is 19.3 Å². The molecule has 2 fully saturated rings. The second kappa shape index (κ2) is 11.0. The predicted octanol–water partition coefficient (Wildman–Crippen LogP) is 4.38. The van der Waals surface area contributed by atoms with Crippen LogP contribution < -0.4 is 4.90 Å². The van der Waals surface area contributed by atoms with Gasteiger partial charge in [-0.2, -0.15) is 0 Å². The molecule has 3 rings (SSSR count). The monoisotopic (exact) mass is 447 g/mol. The first-order valence-electron chi connectivity index (χ1n) is 11.5. The third-order valence-corrected chi connectivity index (χ3v) is 6.58. The van der Waals surface area contributed by atoms with Crippen molar-refractivity contribution in [3.63, 3.8) is 0 Å². The van der Waals surface area contributed by atoms with E-state index in [4.69, 9.17) is 11.6 Å². The fourth-order valence-corrected chi connectivity index (χ4v) is 4.15. The van der Waals surface area contributed by atoms with Crippen LogP contribution in [0, 0.1) is 12.8 Å². The molecule has 0 radical (unpaired) electrons. The minimum Gasteiger partial charge on any atom is -0.333 e. The molecule has 1 aliphatic carbocycles. The lowest BCUT2D eigenvalue weighted by Crippen LogP contribution is -2.43. The first-order chi connectivity index (χ1) is 14.9. The Morgan fingerprint density at radius 3 is 2.61 bits per heavy atom. The van der Waals surface area contributed by atoms with E-state index in [0.29, 0.717) is 23.9 Å². The molecule has 1 saturated carbocycles. The number of hydrogen-bond donors (Lipinski definition) is 0. The van der Waals surface area contributed by atoms with Crippen molar-refractivity contribution in [1.29, 1.82) is 0 Å². The molecule has 7 heteroatoms. The summed E-state index contributed by atoms with van der Waals surface area (Å²) in [6.07, 6.45) is 8.20. The van der Waals surface area contributed by atoms with E-state index < -0.39 is 0 Å². The highest BCUT2D eigenvalue weighted by atomic mass is 35.5. The normalized spacial score (nSPS) is 16.2. The number of unbranched alkanes of at least 4 members (excludes halogenated alkanes) is 4. The fraction of sp³-hybridized carbons (Fsp3) is 0.625. The molecule has 0 aromatic heterocycles. The number of nitrogens with zero attached hydrogens (tertiary/aromatic N) is 3. The number of rotatable bonds is 11. The van der Waals surface area contributed by atoms with E-state index in [2.05, 4.69) is 6.92 Å². The van der Waals surface area contributed by atoms with Crippen molar-refractivity contribution in [3.05, 3.63) is 28.8 Å². The molecule has 6 nitrogen and oxygen atoms in total. The Labute approximate surface area is 190 Å². The van der Waals surface area contributed by atoms with Gasteiger partial charge in [-0.25, -0.2) is 0 Å². The molecule has 1 aromatic rings. The van der Waals surface area contributed by atoms with E-state index in [9.17, 15) is 14.4 Å². The van der Waals surface area contributed by atoms with Gasteiger partial charge in [-0.15, -0.1) is 0 Å². The summed E-state index contributed by atoms with van der Waals surface area (Å²) in [7, 11) is 0. The molecule has 0 bridgehead atoms. The van der Waals surface area contributed by atoms with Gasteiger partial charge in [-0.05, 0) is 49.8 Å².